The summed E-state index contributed by atoms with van der Waals surface area (Å²) in [6.07, 6.45) is 2.07. The van der Waals surface area contributed by atoms with Crippen molar-refractivity contribution in [2.24, 2.45) is 29.1 Å². The van der Waals surface area contributed by atoms with Crippen molar-refractivity contribution in [1.29, 1.82) is 0 Å². The lowest BCUT2D eigenvalue weighted by Crippen LogP contribution is -2.38. The fourth-order valence-electron chi connectivity index (χ4n) is 3.90. The Labute approximate surface area is 118 Å². The summed E-state index contributed by atoms with van der Waals surface area (Å²) in [7, 11) is 0. The predicted molar refractivity (Wildman–Crippen MR) is 70.3 cm³/mol. The number of nitrogens with one attached hydrogen (secondary N) is 1. The fourth-order valence-corrected chi connectivity index (χ4v) is 3.90. The van der Waals surface area contributed by atoms with E-state index in [0.717, 1.165) is 19.3 Å². The molecule has 1 aliphatic heterocycles. The molecule has 3 fully saturated rings. The van der Waals surface area contributed by atoms with Gasteiger partial charge in [0.2, 0.25) is 11.8 Å². The Kier molecular flexibility index (Phi) is 2.92. The minimum atomic E-state index is -0.491. The van der Waals surface area contributed by atoms with E-state index in [0.29, 0.717) is 0 Å². The van der Waals surface area contributed by atoms with Crippen LogP contribution < -0.4 is 5.32 Å². The molecule has 5 nitrogen and oxygen atoms in total. The Balaban J connectivity index is 1.73. The first-order valence-corrected chi connectivity index (χ1v) is 7.41. The summed E-state index contributed by atoms with van der Waals surface area (Å²) in [6.45, 7) is 5.70. The molecule has 0 aromatic carbocycles. The molecule has 3 rings (SSSR count). The van der Waals surface area contributed by atoms with Crippen LogP contribution in [0.15, 0.2) is 0 Å². The average Bonchev–Trinajstić information content (AvgIpc) is 3.02. The van der Waals surface area contributed by atoms with Crippen LogP contribution in [0.3, 0.4) is 0 Å². The third-order valence-corrected chi connectivity index (χ3v) is 5.49. The van der Waals surface area contributed by atoms with E-state index in [1.54, 1.807) is 0 Å². The fraction of sp³-hybridized carbons (Fsp3) is 0.800. The number of carbonyl (C=O) groups excluding carboxylic acids is 3. The maximum Gasteiger partial charge on any atom is 0.311 e. The van der Waals surface area contributed by atoms with E-state index in [-0.39, 0.29) is 47.6 Å². The van der Waals surface area contributed by atoms with Crippen molar-refractivity contribution in [3.8, 4) is 0 Å². The van der Waals surface area contributed by atoms with Crippen LogP contribution in [-0.4, -0.2) is 23.9 Å². The molecule has 0 aromatic heterocycles. The van der Waals surface area contributed by atoms with Gasteiger partial charge >= 0.3 is 5.97 Å². The van der Waals surface area contributed by atoms with Gasteiger partial charge in [0.15, 0.2) is 0 Å². The summed E-state index contributed by atoms with van der Waals surface area (Å²) >= 11 is 0. The van der Waals surface area contributed by atoms with E-state index >= 15 is 0 Å². The van der Waals surface area contributed by atoms with Crippen molar-refractivity contribution >= 4 is 17.8 Å². The highest BCUT2D eigenvalue weighted by molar-refractivity contribution is 6.06. The second-order valence-electron chi connectivity index (χ2n) is 6.98. The lowest BCUT2D eigenvalue weighted by molar-refractivity contribution is -0.164. The van der Waals surface area contributed by atoms with Gasteiger partial charge in [0.25, 0.3) is 0 Å². The monoisotopic (exact) mass is 279 g/mol. The van der Waals surface area contributed by atoms with Gasteiger partial charge in [0.05, 0.1) is 17.3 Å². The number of amides is 2. The Morgan fingerprint density at radius 1 is 1.25 bits per heavy atom. The quantitative estimate of drug-likeness (QED) is 0.623. The number of esters is 1. The summed E-state index contributed by atoms with van der Waals surface area (Å²) in [5.41, 5.74) is -0.491. The van der Waals surface area contributed by atoms with Crippen molar-refractivity contribution in [3.63, 3.8) is 0 Å². The minimum Gasteiger partial charge on any atom is -0.462 e. The Morgan fingerprint density at radius 2 is 1.90 bits per heavy atom. The van der Waals surface area contributed by atoms with E-state index in [1.807, 2.05) is 20.8 Å². The molecular formula is C15H21NO4. The van der Waals surface area contributed by atoms with Gasteiger partial charge in [-0.1, -0.05) is 6.92 Å². The van der Waals surface area contributed by atoms with Gasteiger partial charge in [-0.25, -0.2) is 0 Å². The molecule has 5 unspecified atom stereocenters. The molecule has 2 bridgehead atoms. The topological polar surface area (TPSA) is 72.5 Å². The summed E-state index contributed by atoms with van der Waals surface area (Å²) in [5.74, 6) is -0.745. The number of carbonyl (C=O) groups is 3. The summed E-state index contributed by atoms with van der Waals surface area (Å²) in [5, 5.41) is 2.42. The average molecular weight is 279 g/mol. The summed E-state index contributed by atoms with van der Waals surface area (Å²) in [4.78, 5) is 35.8. The molecule has 1 saturated heterocycles. The van der Waals surface area contributed by atoms with Crippen LogP contribution in [0.1, 0.15) is 40.0 Å². The number of hydrogen-bond acceptors (Lipinski definition) is 4. The van der Waals surface area contributed by atoms with Crippen LogP contribution in [0, 0.1) is 29.1 Å². The van der Waals surface area contributed by atoms with Crippen molar-refractivity contribution in [3.05, 3.63) is 0 Å². The zero-order chi connectivity index (χ0) is 14.7. The number of rotatable bonds is 3. The molecule has 0 spiro atoms. The normalized spacial score (nSPS) is 38.9. The highest BCUT2D eigenvalue weighted by atomic mass is 16.5. The highest BCUT2D eigenvalue weighted by Crippen LogP contribution is 2.55. The van der Waals surface area contributed by atoms with Crippen molar-refractivity contribution < 1.29 is 19.1 Å². The minimum absolute atomic E-state index is 0.0213. The van der Waals surface area contributed by atoms with Gasteiger partial charge in [0.1, 0.15) is 6.10 Å². The molecule has 20 heavy (non-hydrogen) atoms. The molecule has 110 valence electrons. The zero-order valence-corrected chi connectivity index (χ0v) is 12.1. The smallest absolute Gasteiger partial charge is 0.311 e. The van der Waals surface area contributed by atoms with E-state index < -0.39 is 5.41 Å². The van der Waals surface area contributed by atoms with Crippen molar-refractivity contribution in [2.75, 3.05) is 0 Å². The number of fused-ring (bicyclic) bond motifs is 5. The highest BCUT2D eigenvalue weighted by Gasteiger charge is 2.62. The number of imide groups is 1. The molecule has 1 heterocycles. The van der Waals surface area contributed by atoms with E-state index in [9.17, 15) is 14.4 Å². The number of hydrogen-bond donors (Lipinski definition) is 1. The zero-order valence-electron chi connectivity index (χ0n) is 12.1. The lowest BCUT2D eigenvalue weighted by Gasteiger charge is -2.31. The maximum absolute atomic E-state index is 12.2. The predicted octanol–water partition coefficient (Wildman–Crippen LogP) is 1.26. The van der Waals surface area contributed by atoms with Crippen LogP contribution >= 0.6 is 0 Å². The third-order valence-electron chi connectivity index (χ3n) is 5.49. The molecule has 2 aliphatic carbocycles. The van der Waals surface area contributed by atoms with Crippen LogP contribution in [0.2, 0.25) is 0 Å². The van der Waals surface area contributed by atoms with Crippen LogP contribution in [-0.2, 0) is 19.1 Å². The van der Waals surface area contributed by atoms with Crippen LogP contribution in [0.5, 0.6) is 0 Å². The molecule has 2 saturated carbocycles. The van der Waals surface area contributed by atoms with Gasteiger partial charge in [-0.2, -0.15) is 0 Å². The van der Waals surface area contributed by atoms with E-state index in [1.165, 1.54) is 0 Å². The van der Waals surface area contributed by atoms with Crippen molar-refractivity contribution in [2.45, 2.75) is 46.1 Å². The standard InChI is InChI=1S/C15H21NO4/c1-4-15(2,3)14(19)20-9-6-7-5-8(9)11-10(7)12(17)16-13(11)18/h7-11H,4-6H2,1-3H3,(H,16,17,18). The molecule has 5 heteroatoms. The Bertz CT molecular complexity index is 484. The maximum atomic E-state index is 12.2. The van der Waals surface area contributed by atoms with Gasteiger partial charge in [-0.15, -0.1) is 0 Å². The van der Waals surface area contributed by atoms with E-state index in [4.69, 9.17) is 4.74 Å². The Hall–Kier alpha value is -1.39. The molecule has 1 N–H and O–H groups in total. The Morgan fingerprint density at radius 3 is 2.55 bits per heavy atom. The third kappa shape index (κ3) is 1.79. The lowest BCUT2D eigenvalue weighted by atomic mass is 9.79. The molecule has 2 amide bonds. The van der Waals surface area contributed by atoms with E-state index in [2.05, 4.69) is 5.32 Å². The van der Waals surface area contributed by atoms with Crippen molar-refractivity contribution in [1.82, 2.24) is 5.32 Å². The SMILES string of the molecule is CCC(C)(C)C(=O)OC1CC2CC1C1C(=O)NC(=O)C21. The number of ether oxygens (including phenoxy) is 1. The van der Waals surface area contributed by atoms with Gasteiger partial charge in [-0.3, -0.25) is 19.7 Å². The first-order chi connectivity index (χ1) is 9.35. The summed E-state index contributed by atoms with van der Waals surface area (Å²) in [6, 6.07) is 0. The molecule has 3 aliphatic rings. The van der Waals surface area contributed by atoms with Gasteiger partial charge in [0, 0.05) is 5.92 Å². The second kappa shape index (κ2) is 4.30. The first-order valence-electron chi connectivity index (χ1n) is 7.41. The molecule has 5 atom stereocenters. The molecule has 0 aromatic rings. The van der Waals surface area contributed by atoms with Gasteiger partial charge in [-0.05, 0) is 39.0 Å². The van der Waals surface area contributed by atoms with Crippen LogP contribution in [0.25, 0.3) is 0 Å². The largest absolute Gasteiger partial charge is 0.462 e. The second-order valence-corrected chi connectivity index (χ2v) is 6.98. The first kappa shape index (κ1) is 13.6. The molecule has 0 radical (unpaired) electrons. The molecular weight excluding hydrogens is 258 g/mol. The van der Waals surface area contributed by atoms with Gasteiger partial charge < -0.3 is 4.74 Å². The summed E-state index contributed by atoms with van der Waals surface area (Å²) < 4.78 is 5.66. The van der Waals surface area contributed by atoms with Crippen LogP contribution in [0.4, 0.5) is 0 Å².